The van der Waals surface area contributed by atoms with Gasteiger partial charge in [0.25, 0.3) is 0 Å². The molecule has 2 aromatic carbocycles. The van der Waals surface area contributed by atoms with Gasteiger partial charge in [0.1, 0.15) is 17.4 Å². The van der Waals surface area contributed by atoms with Gasteiger partial charge < -0.3 is 9.30 Å². The Morgan fingerprint density at radius 2 is 1.84 bits per heavy atom. The van der Waals surface area contributed by atoms with Gasteiger partial charge in [-0.05, 0) is 43.5 Å². The third-order valence-electron chi connectivity index (χ3n) is 5.09. The molecule has 0 saturated heterocycles. The Labute approximate surface area is 191 Å². The third kappa shape index (κ3) is 5.17. The van der Waals surface area contributed by atoms with E-state index in [2.05, 4.69) is 77.3 Å². The molecule has 0 unspecified atom stereocenters. The van der Waals surface area contributed by atoms with Crippen LogP contribution in [0.3, 0.4) is 0 Å². The second kappa shape index (κ2) is 10.1. The van der Waals surface area contributed by atoms with Crippen molar-refractivity contribution in [2.75, 3.05) is 0 Å². The van der Waals surface area contributed by atoms with E-state index in [0.717, 1.165) is 46.2 Å². The van der Waals surface area contributed by atoms with Gasteiger partial charge in [0.15, 0.2) is 11.0 Å². The van der Waals surface area contributed by atoms with Gasteiger partial charge in [0.05, 0.1) is 5.69 Å². The van der Waals surface area contributed by atoms with Crippen LogP contribution in [0.5, 0.6) is 5.75 Å². The van der Waals surface area contributed by atoms with E-state index in [1.165, 1.54) is 16.7 Å². The maximum atomic E-state index is 5.93. The molecular weight excluding hydrogens is 424 g/mol. The molecule has 0 fully saturated rings. The predicted octanol–water partition coefficient (Wildman–Crippen LogP) is 6.16. The highest BCUT2D eigenvalue weighted by Gasteiger charge is 2.14. The summed E-state index contributed by atoms with van der Waals surface area (Å²) in [5.74, 6) is 2.45. The summed E-state index contributed by atoms with van der Waals surface area (Å²) in [4.78, 5) is 4.82. The van der Waals surface area contributed by atoms with Gasteiger partial charge in [-0.2, -0.15) is 0 Å². The van der Waals surface area contributed by atoms with Gasteiger partial charge in [-0.3, -0.25) is 0 Å². The van der Waals surface area contributed by atoms with E-state index in [0.29, 0.717) is 6.61 Å². The van der Waals surface area contributed by atoms with E-state index in [-0.39, 0.29) is 0 Å². The van der Waals surface area contributed by atoms with Crippen LogP contribution in [0.15, 0.2) is 59.1 Å². The van der Waals surface area contributed by atoms with E-state index in [9.17, 15) is 0 Å². The van der Waals surface area contributed by atoms with Crippen molar-refractivity contribution in [1.82, 2.24) is 19.7 Å². The number of hydrogen-bond acceptors (Lipinski definition) is 6. The lowest BCUT2D eigenvalue weighted by atomic mass is 10.1. The summed E-state index contributed by atoms with van der Waals surface area (Å²) >= 11 is 3.35. The Hall–Kier alpha value is -2.64. The van der Waals surface area contributed by atoms with Crippen LogP contribution in [-0.4, -0.2) is 19.7 Å². The smallest absolute Gasteiger partial charge is 0.191 e. The highest BCUT2D eigenvalue weighted by molar-refractivity contribution is 7.98. The van der Waals surface area contributed by atoms with Crippen molar-refractivity contribution in [2.45, 2.75) is 51.3 Å². The molecule has 0 N–H and O–H groups in total. The Kier molecular flexibility index (Phi) is 7.04. The molecule has 4 aromatic rings. The molecule has 0 amide bonds. The number of ether oxygens (including phenoxy) is 1. The number of aromatic nitrogens is 4. The molecule has 7 heteroatoms. The number of thioether (sulfide) groups is 1. The van der Waals surface area contributed by atoms with Gasteiger partial charge in [0, 0.05) is 23.2 Å². The van der Waals surface area contributed by atoms with Crippen LogP contribution in [0.4, 0.5) is 0 Å². The lowest BCUT2D eigenvalue weighted by Gasteiger charge is -2.09. The molecule has 0 aliphatic heterocycles. The van der Waals surface area contributed by atoms with Crippen molar-refractivity contribution < 1.29 is 4.74 Å². The normalized spacial score (nSPS) is 11.1. The lowest BCUT2D eigenvalue weighted by Crippen LogP contribution is -2.07. The Bertz CT molecular complexity index is 1130. The first-order chi connectivity index (χ1) is 15.2. The van der Waals surface area contributed by atoms with Gasteiger partial charge >= 0.3 is 0 Å². The second-order valence-corrected chi connectivity index (χ2v) is 8.98. The third-order valence-corrected chi connectivity index (χ3v) is 7.01. The Balaban J connectivity index is 1.39. The van der Waals surface area contributed by atoms with E-state index in [1.54, 1.807) is 23.1 Å². The fourth-order valence-electron chi connectivity index (χ4n) is 3.27. The molecule has 0 bridgehead atoms. The number of nitrogens with zero attached hydrogens (tertiary/aromatic N) is 4. The molecule has 31 heavy (non-hydrogen) atoms. The minimum Gasteiger partial charge on any atom is -0.486 e. The maximum Gasteiger partial charge on any atom is 0.191 e. The van der Waals surface area contributed by atoms with Gasteiger partial charge in [-0.25, -0.2) is 4.98 Å². The van der Waals surface area contributed by atoms with Crippen molar-refractivity contribution in [3.63, 3.8) is 0 Å². The Morgan fingerprint density at radius 3 is 2.58 bits per heavy atom. The minimum atomic E-state index is 0.404. The average molecular weight is 451 g/mol. The second-order valence-electron chi connectivity index (χ2n) is 7.18. The molecule has 0 spiro atoms. The van der Waals surface area contributed by atoms with Crippen LogP contribution >= 0.6 is 23.1 Å². The fourth-order valence-corrected chi connectivity index (χ4v) is 5.20. The van der Waals surface area contributed by atoms with Crippen molar-refractivity contribution in [2.24, 2.45) is 0 Å². The summed E-state index contributed by atoms with van der Waals surface area (Å²) in [6, 6.07) is 16.6. The van der Waals surface area contributed by atoms with Gasteiger partial charge in [0.2, 0.25) is 0 Å². The molecule has 0 atom stereocenters. The van der Waals surface area contributed by atoms with Gasteiger partial charge in [-0.15, -0.1) is 21.5 Å². The van der Waals surface area contributed by atoms with E-state index < -0.39 is 0 Å². The Morgan fingerprint density at radius 1 is 1.03 bits per heavy atom. The highest BCUT2D eigenvalue weighted by Crippen LogP contribution is 2.29. The summed E-state index contributed by atoms with van der Waals surface area (Å²) < 4.78 is 8.04. The molecule has 2 heterocycles. The quantitative estimate of drug-likeness (QED) is 0.286. The number of rotatable bonds is 9. The molecule has 0 aliphatic rings. The molecular formula is C24H26N4OS2. The highest BCUT2D eigenvalue weighted by atomic mass is 32.2. The number of thiazole rings is 1. The van der Waals surface area contributed by atoms with Crippen LogP contribution in [-0.2, 0) is 25.3 Å². The molecule has 5 nitrogen and oxygen atoms in total. The van der Waals surface area contributed by atoms with Crippen LogP contribution in [0, 0.1) is 6.92 Å². The summed E-state index contributed by atoms with van der Waals surface area (Å²) in [6.45, 7) is 7.58. The van der Waals surface area contributed by atoms with Gasteiger partial charge in [-0.1, -0.05) is 55.1 Å². The zero-order valence-electron chi connectivity index (χ0n) is 18.0. The predicted molar refractivity (Wildman–Crippen MR) is 128 cm³/mol. The van der Waals surface area contributed by atoms with E-state index in [4.69, 9.17) is 9.72 Å². The van der Waals surface area contributed by atoms with Crippen molar-refractivity contribution >= 4 is 23.1 Å². The number of aryl methyl sites for hydroxylation is 2. The minimum absolute atomic E-state index is 0.404. The van der Waals surface area contributed by atoms with Crippen LogP contribution in [0.1, 0.15) is 36.5 Å². The monoisotopic (exact) mass is 450 g/mol. The first kappa shape index (κ1) is 21.6. The average Bonchev–Trinajstić information content (AvgIpc) is 3.43. The van der Waals surface area contributed by atoms with Crippen molar-refractivity contribution in [1.29, 1.82) is 0 Å². The lowest BCUT2D eigenvalue weighted by molar-refractivity contribution is 0.288. The summed E-state index contributed by atoms with van der Waals surface area (Å²) in [7, 11) is 0. The largest absolute Gasteiger partial charge is 0.486 e. The number of benzene rings is 2. The van der Waals surface area contributed by atoms with Crippen molar-refractivity contribution in [3.8, 4) is 16.3 Å². The van der Waals surface area contributed by atoms with E-state index >= 15 is 0 Å². The molecule has 4 rings (SSSR count). The molecule has 0 saturated carbocycles. The van der Waals surface area contributed by atoms with Crippen LogP contribution in [0.2, 0.25) is 0 Å². The molecule has 0 aliphatic carbocycles. The van der Waals surface area contributed by atoms with Crippen LogP contribution < -0.4 is 4.74 Å². The standard InChI is InChI=1S/C24H26N4OS2/c1-4-18-10-12-20(13-11-18)29-14-22-26-27-24(28(22)5-2)31-16-19-15-30-23(25-19)21-9-7-6-8-17(21)3/h6-13,15H,4-5,14,16H2,1-3H3. The molecule has 160 valence electrons. The summed E-state index contributed by atoms with van der Waals surface area (Å²) in [5.41, 5.74) is 4.81. The molecule has 2 aromatic heterocycles. The van der Waals surface area contributed by atoms with E-state index in [1.807, 2.05) is 12.1 Å². The first-order valence-corrected chi connectivity index (χ1v) is 12.3. The summed E-state index contributed by atoms with van der Waals surface area (Å²) in [5, 5.41) is 12.8. The zero-order valence-corrected chi connectivity index (χ0v) is 19.7. The molecule has 0 radical (unpaired) electrons. The van der Waals surface area contributed by atoms with Crippen LogP contribution in [0.25, 0.3) is 10.6 Å². The topological polar surface area (TPSA) is 52.8 Å². The fraction of sp³-hybridized carbons (Fsp3) is 0.292. The number of hydrogen-bond donors (Lipinski definition) is 0. The zero-order chi connectivity index (χ0) is 21.6. The maximum absolute atomic E-state index is 5.93. The van der Waals surface area contributed by atoms with Crippen molar-refractivity contribution in [3.05, 3.63) is 76.6 Å². The summed E-state index contributed by atoms with van der Waals surface area (Å²) in [6.07, 6.45) is 1.02. The SMILES string of the molecule is CCc1ccc(OCc2nnc(SCc3csc(-c4ccccc4C)n3)n2CC)cc1. The first-order valence-electron chi connectivity index (χ1n) is 10.4.